The second-order valence-electron chi connectivity index (χ2n) is 5.00. The summed E-state index contributed by atoms with van der Waals surface area (Å²) in [5, 5.41) is 11.6. The molecule has 1 atom stereocenters. The summed E-state index contributed by atoms with van der Waals surface area (Å²) in [6.45, 7) is -0.00204. The van der Waals surface area contributed by atoms with Crippen LogP contribution < -0.4 is 5.43 Å². The molecule has 1 aliphatic heterocycles. The number of carbonyl (C=O) groups excluding carboxylic acids is 1. The molecule has 1 heterocycles. The van der Waals surface area contributed by atoms with E-state index in [4.69, 9.17) is 0 Å². The Balaban J connectivity index is 2.07. The Hall–Kier alpha value is -2.16. The average Bonchev–Trinajstić information content (AvgIpc) is 2.84. The zero-order valence-electron chi connectivity index (χ0n) is 11.5. The topological polar surface area (TPSA) is 75.5 Å². The normalized spacial score (nSPS) is 17.3. The van der Waals surface area contributed by atoms with Crippen LogP contribution in [0.15, 0.2) is 24.3 Å². The fourth-order valence-corrected chi connectivity index (χ4v) is 2.35. The second-order valence-corrected chi connectivity index (χ2v) is 5.00. The molecule has 1 amide bonds. The van der Waals surface area contributed by atoms with Gasteiger partial charge in [0, 0.05) is 25.1 Å². The van der Waals surface area contributed by atoms with E-state index >= 15 is 0 Å². The maximum absolute atomic E-state index is 13.1. The molecule has 1 N–H and O–H groups in total. The minimum absolute atomic E-state index is 0.00204. The second kappa shape index (κ2) is 6.30. The Morgan fingerprint density at radius 1 is 1.41 bits per heavy atom. The van der Waals surface area contributed by atoms with E-state index in [1.807, 2.05) is 0 Å². The summed E-state index contributed by atoms with van der Waals surface area (Å²) < 4.78 is 39.3. The van der Waals surface area contributed by atoms with Crippen LogP contribution in [0.2, 0.25) is 0 Å². The van der Waals surface area contributed by atoms with E-state index in [1.165, 1.54) is 18.2 Å². The van der Waals surface area contributed by atoms with Crippen LogP contribution in [0, 0.1) is 10.1 Å². The lowest BCUT2D eigenvalue weighted by molar-refractivity contribution is -0.384. The van der Waals surface area contributed by atoms with Gasteiger partial charge in [-0.25, -0.2) is 5.01 Å². The smallest absolute Gasteiger partial charge is 0.288 e. The highest BCUT2D eigenvalue weighted by molar-refractivity contribution is 5.77. The lowest BCUT2D eigenvalue weighted by Gasteiger charge is -2.28. The standard InChI is InChI=1S/C13H14F3N3O3/c14-13(15,16)11(18-7-6-12(20)17-18)5-4-9-2-1-3-10(8-9)19(21)22/h1-3,8,11H,4-7H2,(H,17,20)/t11-/m0/s1. The van der Waals surface area contributed by atoms with Crippen molar-refractivity contribution in [3.05, 3.63) is 39.9 Å². The molecular formula is C13H14F3N3O3. The molecular weight excluding hydrogens is 303 g/mol. The van der Waals surface area contributed by atoms with E-state index in [0.717, 1.165) is 5.01 Å². The van der Waals surface area contributed by atoms with Crippen molar-refractivity contribution in [2.24, 2.45) is 0 Å². The van der Waals surface area contributed by atoms with Crippen LogP contribution in [0.1, 0.15) is 18.4 Å². The molecule has 22 heavy (non-hydrogen) atoms. The number of aryl methyl sites for hydroxylation is 1. The molecule has 2 rings (SSSR count). The minimum atomic E-state index is -4.49. The number of halogens is 3. The first-order valence-corrected chi connectivity index (χ1v) is 6.63. The van der Waals surface area contributed by atoms with Crippen molar-refractivity contribution in [2.45, 2.75) is 31.5 Å². The Labute approximate surface area is 124 Å². The number of benzene rings is 1. The van der Waals surface area contributed by atoms with Gasteiger partial charge in [-0.15, -0.1) is 0 Å². The van der Waals surface area contributed by atoms with Crippen molar-refractivity contribution in [2.75, 3.05) is 6.54 Å². The van der Waals surface area contributed by atoms with Gasteiger partial charge in [-0.1, -0.05) is 12.1 Å². The molecule has 0 bridgehead atoms. The molecule has 0 spiro atoms. The molecule has 1 fully saturated rings. The molecule has 6 nitrogen and oxygen atoms in total. The molecule has 0 unspecified atom stereocenters. The number of non-ortho nitro benzene ring substituents is 1. The van der Waals surface area contributed by atoms with Gasteiger partial charge in [0.15, 0.2) is 0 Å². The van der Waals surface area contributed by atoms with Crippen LogP contribution in [-0.4, -0.2) is 34.6 Å². The van der Waals surface area contributed by atoms with Gasteiger partial charge in [0.1, 0.15) is 6.04 Å². The number of hydrogen-bond donors (Lipinski definition) is 1. The van der Waals surface area contributed by atoms with Crippen molar-refractivity contribution in [1.82, 2.24) is 10.4 Å². The molecule has 0 saturated carbocycles. The minimum Gasteiger partial charge on any atom is -0.288 e. The zero-order valence-corrected chi connectivity index (χ0v) is 11.5. The quantitative estimate of drug-likeness (QED) is 0.667. The van der Waals surface area contributed by atoms with Gasteiger partial charge in [-0.3, -0.25) is 20.3 Å². The summed E-state index contributed by atoms with van der Waals surface area (Å²) in [6.07, 6.45) is -4.72. The molecule has 1 aliphatic rings. The van der Waals surface area contributed by atoms with Gasteiger partial charge in [0.2, 0.25) is 5.91 Å². The van der Waals surface area contributed by atoms with Crippen molar-refractivity contribution in [3.63, 3.8) is 0 Å². The highest BCUT2D eigenvalue weighted by atomic mass is 19.4. The number of nitrogens with zero attached hydrogens (tertiary/aromatic N) is 2. The van der Waals surface area contributed by atoms with Gasteiger partial charge in [0.05, 0.1) is 4.92 Å². The molecule has 9 heteroatoms. The highest BCUT2D eigenvalue weighted by Crippen LogP contribution is 2.29. The summed E-state index contributed by atoms with van der Waals surface area (Å²) in [5.41, 5.74) is 2.49. The molecule has 0 radical (unpaired) electrons. The molecule has 0 aromatic heterocycles. The predicted molar refractivity (Wildman–Crippen MR) is 70.7 cm³/mol. The first-order chi connectivity index (χ1) is 10.3. The van der Waals surface area contributed by atoms with E-state index in [9.17, 15) is 28.1 Å². The van der Waals surface area contributed by atoms with Gasteiger partial charge in [-0.05, 0) is 18.4 Å². The first kappa shape index (κ1) is 16.2. The third-order valence-electron chi connectivity index (χ3n) is 3.43. The van der Waals surface area contributed by atoms with E-state index in [0.29, 0.717) is 5.56 Å². The SMILES string of the molecule is O=C1CCN([C@@H](CCc2cccc([N+](=O)[O-])c2)C(F)(F)F)N1. The number of hydrazine groups is 1. The lowest BCUT2D eigenvalue weighted by Crippen LogP contribution is -2.50. The Kier molecular flexibility index (Phi) is 4.65. The van der Waals surface area contributed by atoms with Gasteiger partial charge in [-0.2, -0.15) is 13.2 Å². The molecule has 1 aromatic rings. The molecule has 1 saturated heterocycles. The fraction of sp³-hybridized carbons (Fsp3) is 0.462. The first-order valence-electron chi connectivity index (χ1n) is 6.63. The van der Waals surface area contributed by atoms with E-state index in [2.05, 4.69) is 5.43 Å². The van der Waals surface area contributed by atoms with E-state index < -0.39 is 23.0 Å². The fourth-order valence-electron chi connectivity index (χ4n) is 2.35. The number of hydrogen-bond acceptors (Lipinski definition) is 4. The summed E-state index contributed by atoms with van der Waals surface area (Å²) in [4.78, 5) is 21.2. The molecule has 1 aromatic carbocycles. The lowest BCUT2D eigenvalue weighted by atomic mass is 10.0. The summed E-state index contributed by atoms with van der Waals surface area (Å²) in [5.74, 6) is -0.440. The third-order valence-corrected chi connectivity index (χ3v) is 3.43. The number of nitrogens with one attached hydrogen (secondary N) is 1. The number of alkyl halides is 3. The number of amides is 1. The predicted octanol–water partition coefficient (Wildman–Crippen LogP) is 2.20. The monoisotopic (exact) mass is 317 g/mol. The van der Waals surface area contributed by atoms with Crippen molar-refractivity contribution in [1.29, 1.82) is 0 Å². The van der Waals surface area contributed by atoms with Crippen LogP contribution in [0.25, 0.3) is 0 Å². The largest absolute Gasteiger partial charge is 0.405 e. The molecule has 120 valence electrons. The van der Waals surface area contributed by atoms with Gasteiger partial charge in [0.25, 0.3) is 5.69 Å². The maximum Gasteiger partial charge on any atom is 0.405 e. The summed E-state index contributed by atoms with van der Waals surface area (Å²) in [7, 11) is 0. The van der Waals surface area contributed by atoms with Crippen molar-refractivity contribution < 1.29 is 22.9 Å². The third kappa shape index (κ3) is 3.94. The van der Waals surface area contributed by atoms with Crippen LogP contribution >= 0.6 is 0 Å². The van der Waals surface area contributed by atoms with Crippen LogP contribution in [0.3, 0.4) is 0 Å². The van der Waals surface area contributed by atoms with Crippen LogP contribution in [0.4, 0.5) is 18.9 Å². The Morgan fingerprint density at radius 2 is 2.14 bits per heavy atom. The van der Waals surface area contributed by atoms with E-state index in [1.54, 1.807) is 6.07 Å². The zero-order chi connectivity index (χ0) is 16.3. The summed E-state index contributed by atoms with van der Waals surface area (Å²) in [6, 6.07) is 3.72. The van der Waals surface area contributed by atoms with Crippen molar-refractivity contribution in [3.8, 4) is 0 Å². The Bertz CT molecular complexity index is 577. The van der Waals surface area contributed by atoms with E-state index in [-0.39, 0.29) is 31.5 Å². The van der Waals surface area contributed by atoms with Crippen LogP contribution in [0.5, 0.6) is 0 Å². The van der Waals surface area contributed by atoms with Gasteiger partial charge < -0.3 is 0 Å². The van der Waals surface area contributed by atoms with Gasteiger partial charge >= 0.3 is 6.18 Å². The number of nitro groups is 1. The molecule has 0 aliphatic carbocycles. The summed E-state index contributed by atoms with van der Waals surface area (Å²) >= 11 is 0. The number of carbonyl (C=O) groups is 1. The number of nitro benzene ring substituents is 1. The van der Waals surface area contributed by atoms with Crippen molar-refractivity contribution >= 4 is 11.6 Å². The van der Waals surface area contributed by atoms with Crippen LogP contribution in [-0.2, 0) is 11.2 Å². The Morgan fingerprint density at radius 3 is 2.68 bits per heavy atom. The number of rotatable bonds is 5. The average molecular weight is 317 g/mol. The highest BCUT2D eigenvalue weighted by Gasteiger charge is 2.45. The maximum atomic E-state index is 13.1.